The van der Waals surface area contributed by atoms with E-state index >= 15 is 0 Å². The van der Waals surface area contributed by atoms with Crippen molar-refractivity contribution < 1.29 is 27.1 Å². The van der Waals surface area contributed by atoms with Crippen molar-refractivity contribution >= 4 is 17.3 Å². The van der Waals surface area contributed by atoms with E-state index in [9.17, 15) is 18.0 Å². The number of carbonyl (C=O) groups is 1. The number of rotatable bonds is 4. The molecule has 1 aliphatic rings. The van der Waals surface area contributed by atoms with Crippen LogP contribution in [-0.4, -0.2) is 70.0 Å². The van der Waals surface area contributed by atoms with E-state index in [0.29, 0.717) is 33.4 Å². The number of aliphatic imine (C=N–C) groups is 1. The molecule has 1 aliphatic heterocycles. The molecule has 0 saturated heterocycles. The summed E-state index contributed by atoms with van der Waals surface area (Å²) < 4.78 is 52.7. The number of ether oxygens (including phenoxy) is 1. The molecule has 2 aromatic heterocycles. The molecule has 0 unspecified atom stereocenters. The molecule has 12 heteroatoms. The quantitative estimate of drug-likeness (QED) is 0.552. The minimum atomic E-state index is -4.58. The van der Waals surface area contributed by atoms with Gasteiger partial charge in [-0.1, -0.05) is 0 Å². The average molecular weight is 462 g/mol. The number of hydrogen-bond acceptors (Lipinski definition) is 7. The zero-order valence-electron chi connectivity index (χ0n) is 18.3. The number of hydrogen-bond donors (Lipinski definition) is 0. The van der Waals surface area contributed by atoms with Crippen LogP contribution in [0.15, 0.2) is 40.2 Å². The monoisotopic (exact) mass is 462 g/mol. The maximum absolute atomic E-state index is 13.5. The minimum absolute atomic E-state index is 0.0421. The second-order valence-electron chi connectivity index (χ2n) is 7.64. The molecule has 33 heavy (non-hydrogen) atoms. The van der Waals surface area contributed by atoms with Gasteiger partial charge in [0.25, 0.3) is 5.91 Å². The number of carbonyl (C=O) groups excluding carboxylic acids is 1. The summed E-state index contributed by atoms with van der Waals surface area (Å²) in [6.07, 6.45) is -1.96. The lowest BCUT2D eigenvalue weighted by molar-refractivity contribution is -0.251. The topological polar surface area (TPSA) is 89.0 Å². The van der Waals surface area contributed by atoms with Crippen molar-refractivity contribution in [3.63, 3.8) is 0 Å². The third-order valence-corrected chi connectivity index (χ3v) is 5.12. The lowest BCUT2D eigenvalue weighted by Crippen LogP contribution is -2.47. The van der Waals surface area contributed by atoms with Crippen LogP contribution in [0.2, 0.25) is 0 Å². The van der Waals surface area contributed by atoms with E-state index in [1.807, 2.05) is 0 Å². The van der Waals surface area contributed by atoms with Crippen molar-refractivity contribution in [1.29, 1.82) is 0 Å². The van der Waals surface area contributed by atoms with Crippen molar-refractivity contribution in [1.82, 2.24) is 24.3 Å². The van der Waals surface area contributed by atoms with E-state index in [2.05, 4.69) is 15.0 Å². The fraction of sp³-hybridized carbons (Fsp3) is 0.333. The SMILES string of the molecule is COc1cc(N=C2CN(C(F)(F)F)Cn3cc(C(=O)N(C)C)nc32)ccc1-c1ocnc1C. The number of benzene rings is 1. The Morgan fingerprint density at radius 3 is 2.67 bits per heavy atom. The van der Waals surface area contributed by atoms with Gasteiger partial charge in [0.1, 0.15) is 11.4 Å². The molecule has 0 saturated carbocycles. The summed E-state index contributed by atoms with van der Waals surface area (Å²) >= 11 is 0. The molecule has 3 aromatic rings. The van der Waals surface area contributed by atoms with Crippen molar-refractivity contribution in [3.8, 4) is 17.1 Å². The van der Waals surface area contributed by atoms with Crippen LogP contribution in [0.4, 0.5) is 18.9 Å². The number of methoxy groups -OCH3 is 1. The number of nitrogens with zero attached hydrogens (tertiary/aromatic N) is 6. The van der Waals surface area contributed by atoms with Crippen LogP contribution in [0.3, 0.4) is 0 Å². The summed E-state index contributed by atoms with van der Waals surface area (Å²) in [5.41, 5.74) is 1.78. The van der Waals surface area contributed by atoms with Crippen LogP contribution >= 0.6 is 0 Å². The highest BCUT2D eigenvalue weighted by atomic mass is 19.4. The Morgan fingerprint density at radius 1 is 1.30 bits per heavy atom. The van der Waals surface area contributed by atoms with Crippen LogP contribution in [0.5, 0.6) is 5.75 Å². The molecule has 0 aliphatic carbocycles. The smallest absolute Gasteiger partial charge is 0.461 e. The zero-order chi connectivity index (χ0) is 23.9. The number of fused-ring (bicyclic) bond motifs is 1. The first-order valence-electron chi connectivity index (χ1n) is 9.85. The van der Waals surface area contributed by atoms with Gasteiger partial charge in [0.2, 0.25) is 0 Å². The molecular formula is C21H21F3N6O3. The second kappa shape index (κ2) is 8.35. The van der Waals surface area contributed by atoms with Gasteiger partial charge in [-0.15, -0.1) is 0 Å². The summed E-state index contributed by atoms with van der Waals surface area (Å²) in [5.74, 6) is 0.736. The van der Waals surface area contributed by atoms with Gasteiger partial charge >= 0.3 is 6.30 Å². The first kappa shape index (κ1) is 22.5. The zero-order valence-corrected chi connectivity index (χ0v) is 18.3. The molecule has 3 heterocycles. The number of aryl methyl sites for hydroxylation is 1. The van der Waals surface area contributed by atoms with Crippen LogP contribution in [0.1, 0.15) is 22.0 Å². The van der Waals surface area contributed by atoms with Gasteiger partial charge in [-0.25, -0.2) is 15.0 Å². The highest BCUT2D eigenvalue weighted by Gasteiger charge is 2.41. The molecular weight excluding hydrogens is 441 g/mol. The number of alkyl halides is 3. The lowest BCUT2D eigenvalue weighted by atomic mass is 10.1. The Bertz CT molecular complexity index is 1230. The highest BCUT2D eigenvalue weighted by Crippen LogP contribution is 2.35. The minimum Gasteiger partial charge on any atom is -0.496 e. The fourth-order valence-corrected chi connectivity index (χ4v) is 3.48. The third kappa shape index (κ3) is 4.33. The van der Waals surface area contributed by atoms with Crippen molar-refractivity contribution in [2.24, 2.45) is 4.99 Å². The molecule has 9 nitrogen and oxygen atoms in total. The second-order valence-corrected chi connectivity index (χ2v) is 7.64. The number of aromatic nitrogens is 3. The molecule has 1 aromatic carbocycles. The van der Waals surface area contributed by atoms with Crippen LogP contribution < -0.4 is 4.74 Å². The lowest BCUT2D eigenvalue weighted by Gasteiger charge is -2.30. The summed E-state index contributed by atoms with van der Waals surface area (Å²) in [7, 11) is 4.56. The van der Waals surface area contributed by atoms with E-state index in [4.69, 9.17) is 9.15 Å². The Hall–Kier alpha value is -3.67. The summed E-state index contributed by atoms with van der Waals surface area (Å²) in [6.45, 7) is 0.784. The van der Waals surface area contributed by atoms with E-state index in [1.54, 1.807) is 39.2 Å². The first-order chi connectivity index (χ1) is 15.6. The Balaban J connectivity index is 1.78. The number of amides is 1. The third-order valence-electron chi connectivity index (χ3n) is 5.12. The van der Waals surface area contributed by atoms with Crippen LogP contribution in [0.25, 0.3) is 11.3 Å². The molecule has 174 valence electrons. The largest absolute Gasteiger partial charge is 0.496 e. The molecule has 0 N–H and O–H groups in total. The van der Waals surface area contributed by atoms with Gasteiger partial charge in [0.05, 0.1) is 43.0 Å². The first-order valence-corrected chi connectivity index (χ1v) is 9.85. The maximum Gasteiger partial charge on any atom is 0.461 e. The molecule has 0 fully saturated rings. The summed E-state index contributed by atoms with van der Waals surface area (Å²) in [6, 6.07) is 4.93. The van der Waals surface area contributed by atoms with E-state index in [1.165, 1.54) is 29.2 Å². The Kier molecular flexibility index (Phi) is 5.70. The van der Waals surface area contributed by atoms with Gasteiger partial charge in [-0.05, 0) is 19.1 Å². The number of imidazole rings is 1. The van der Waals surface area contributed by atoms with Gasteiger partial charge in [-0.3, -0.25) is 4.79 Å². The van der Waals surface area contributed by atoms with Crippen LogP contribution in [-0.2, 0) is 6.67 Å². The van der Waals surface area contributed by atoms with Gasteiger partial charge < -0.3 is 18.6 Å². The van der Waals surface area contributed by atoms with E-state index < -0.39 is 25.4 Å². The summed E-state index contributed by atoms with van der Waals surface area (Å²) in [5, 5.41) is 0. The van der Waals surface area contributed by atoms with Crippen molar-refractivity contribution in [3.05, 3.63) is 48.0 Å². The van der Waals surface area contributed by atoms with E-state index in [0.717, 1.165) is 0 Å². The molecule has 0 spiro atoms. The van der Waals surface area contributed by atoms with Crippen molar-refractivity contribution in [2.75, 3.05) is 27.7 Å². The maximum atomic E-state index is 13.5. The molecule has 0 atom stereocenters. The molecule has 0 bridgehead atoms. The predicted octanol–water partition coefficient (Wildman–Crippen LogP) is 3.47. The van der Waals surface area contributed by atoms with Crippen molar-refractivity contribution in [2.45, 2.75) is 19.9 Å². The molecule has 1 amide bonds. The predicted molar refractivity (Wildman–Crippen MR) is 112 cm³/mol. The van der Waals surface area contributed by atoms with Gasteiger partial charge in [0, 0.05) is 26.4 Å². The molecule has 0 radical (unpaired) electrons. The fourth-order valence-electron chi connectivity index (χ4n) is 3.48. The number of oxazole rings is 1. The Labute approximate surface area is 187 Å². The summed E-state index contributed by atoms with van der Waals surface area (Å²) in [4.78, 5) is 26.7. The van der Waals surface area contributed by atoms with E-state index in [-0.39, 0.29) is 17.2 Å². The normalized spacial score (nSPS) is 15.5. The Morgan fingerprint density at radius 2 is 2.06 bits per heavy atom. The highest BCUT2D eigenvalue weighted by molar-refractivity contribution is 6.03. The number of halogens is 3. The van der Waals surface area contributed by atoms with Gasteiger partial charge in [0.15, 0.2) is 18.0 Å². The average Bonchev–Trinajstić information content (AvgIpc) is 3.38. The molecule has 4 rings (SSSR count). The van der Waals surface area contributed by atoms with Crippen LogP contribution in [0, 0.1) is 6.92 Å². The van der Waals surface area contributed by atoms with Gasteiger partial charge in [-0.2, -0.15) is 18.1 Å². The standard InChI is InChI=1S/C21H21F3N6O3/c1-12-18(33-10-25-12)14-6-5-13(7-17(14)32-4)26-15-9-30(21(22,23)24)11-29-8-16(27-19(15)29)20(31)28(2)3/h5-8,10H,9,11H2,1-4H3.